The molecule has 0 aliphatic heterocycles. The highest BCUT2D eigenvalue weighted by atomic mass is 32.2. The van der Waals surface area contributed by atoms with Crippen molar-refractivity contribution in [3.63, 3.8) is 0 Å². The number of rotatable bonds is 10. The van der Waals surface area contributed by atoms with Crippen molar-refractivity contribution < 1.29 is 9.84 Å². The quantitative estimate of drug-likeness (QED) is 0.542. The number of aliphatic hydroxyl groups excluding tert-OH is 1. The largest absolute Gasteiger partial charge is 0.396 e. The highest BCUT2D eigenvalue weighted by Crippen LogP contribution is 2.05. The van der Waals surface area contributed by atoms with Gasteiger partial charge in [-0.25, -0.2) is 0 Å². The Morgan fingerprint density at radius 3 is 2.86 bits per heavy atom. The van der Waals surface area contributed by atoms with Gasteiger partial charge in [-0.3, -0.25) is 0 Å². The Balaban J connectivity index is 3.40. The summed E-state index contributed by atoms with van der Waals surface area (Å²) >= 11 is 1.88. The second-order valence-corrected chi connectivity index (χ2v) is 4.38. The highest BCUT2D eigenvalue weighted by molar-refractivity contribution is 7.99. The van der Waals surface area contributed by atoms with Crippen molar-refractivity contribution in [2.45, 2.75) is 25.8 Å². The third-order valence-electron chi connectivity index (χ3n) is 1.91. The van der Waals surface area contributed by atoms with Crippen LogP contribution in [0.1, 0.15) is 19.8 Å². The smallest absolute Gasteiger partial charge is 0.0552 e. The lowest BCUT2D eigenvalue weighted by Crippen LogP contribution is -2.33. The number of methoxy groups -OCH3 is 1. The molecule has 0 radical (unpaired) electrons. The van der Waals surface area contributed by atoms with Crippen molar-refractivity contribution in [2.24, 2.45) is 0 Å². The Labute approximate surface area is 91.6 Å². The molecule has 0 saturated carbocycles. The summed E-state index contributed by atoms with van der Waals surface area (Å²) in [7, 11) is 1.72. The average Bonchev–Trinajstić information content (AvgIpc) is 2.20. The predicted molar refractivity (Wildman–Crippen MR) is 63.0 cm³/mol. The van der Waals surface area contributed by atoms with Gasteiger partial charge in [0, 0.05) is 31.3 Å². The lowest BCUT2D eigenvalue weighted by Gasteiger charge is -2.16. The second kappa shape index (κ2) is 11.3. The minimum absolute atomic E-state index is 0.270. The SMILES string of the molecule is CCCNC(CCO)CSCCOC. The van der Waals surface area contributed by atoms with Gasteiger partial charge >= 0.3 is 0 Å². The molecule has 3 nitrogen and oxygen atoms in total. The van der Waals surface area contributed by atoms with Crippen LogP contribution in [0.2, 0.25) is 0 Å². The molecule has 1 unspecified atom stereocenters. The monoisotopic (exact) mass is 221 g/mol. The predicted octanol–water partition coefficient (Wildman–Crippen LogP) is 1.12. The Kier molecular flexibility index (Phi) is 11.5. The van der Waals surface area contributed by atoms with Crippen LogP contribution in [-0.4, -0.2) is 49.5 Å². The minimum atomic E-state index is 0.270. The molecule has 0 fully saturated rings. The molecular formula is C10H23NO2S. The summed E-state index contributed by atoms with van der Waals surface area (Å²) < 4.78 is 4.97. The van der Waals surface area contributed by atoms with Crippen molar-refractivity contribution in [1.82, 2.24) is 5.32 Å². The molecule has 4 heteroatoms. The van der Waals surface area contributed by atoms with Crippen LogP contribution in [0.15, 0.2) is 0 Å². The zero-order valence-corrected chi connectivity index (χ0v) is 10.1. The van der Waals surface area contributed by atoms with Crippen LogP contribution < -0.4 is 5.32 Å². The Hall–Kier alpha value is 0.230. The van der Waals surface area contributed by atoms with Crippen LogP contribution >= 0.6 is 11.8 Å². The number of hydrogen-bond acceptors (Lipinski definition) is 4. The molecule has 0 rings (SSSR count). The van der Waals surface area contributed by atoms with E-state index in [1.54, 1.807) is 7.11 Å². The number of hydrogen-bond donors (Lipinski definition) is 2. The average molecular weight is 221 g/mol. The van der Waals surface area contributed by atoms with E-state index >= 15 is 0 Å². The van der Waals surface area contributed by atoms with Crippen LogP contribution in [0, 0.1) is 0 Å². The van der Waals surface area contributed by atoms with Gasteiger partial charge in [0.2, 0.25) is 0 Å². The summed E-state index contributed by atoms with van der Waals surface area (Å²) in [6.07, 6.45) is 1.99. The molecule has 0 bridgehead atoms. The lowest BCUT2D eigenvalue weighted by molar-refractivity contribution is 0.218. The molecule has 0 amide bonds. The zero-order valence-electron chi connectivity index (χ0n) is 9.29. The Bertz CT molecular complexity index is 114. The van der Waals surface area contributed by atoms with Crippen LogP contribution in [0.4, 0.5) is 0 Å². The van der Waals surface area contributed by atoms with Crippen molar-refractivity contribution >= 4 is 11.8 Å². The molecule has 0 aromatic rings. The lowest BCUT2D eigenvalue weighted by atomic mass is 10.2. The van der Waals surface area contributed by atoms with Crippen molar-refractivity contribution in [3.05, 3.63) is 0 Å². The maximum absolute atomic E-state index is 8.86. The Morgan fingerprint density at radius 2 is 2.29 bits per heavy atom. The van der Waals surface area contributed by atoms with E-state index in [2.05, 4.69) is 12.2 Å². The Morgan fingerprint density at radius 1 is 1.50 bits per heavy atom. The molecule has 86 valence electrons. The third kappa shape index (κ3) is 8.81. The van der Waals surface area contributed by atoms with Crippen molar-refractivity contribution in [1.29, 1.82) is 0 Å². The van der Waals surface area contributed by atoms with E-state index in [9.17, 15) is 0 Å². The number of thioether (sulfide) groups is 1. The van der Waals surface area contributed by atoms with Gasteiger partial charge in [0.15, 0.2) is 0 Å². The van der Waals surface area contributed by atoms with E-state index in [-0.39, 0.29) is 6.61 Å². The van der Waals surface area contributed by atoms with Crippen molar-refractivity contribution in [2.75, 3.05) is 38.4 Å². The molecular weight excluding hydrogens is 198 g/mol. The van der Waals surface area contributed by atoms with Crippen LogP contribution in [0.3, 0.4) is 0 Å². The fourth-order valence-corrected chi connectivity index (χ4v) is 2.14. The number of nitrogens with one attached hydrogen (secondary N) is 1. The van der Waals surface area contributed by atoms with Gasteiger partial charge in [0.1, 0.15) is 0 Å². The van der Waals surface area contributed by atoms with Gasteiger partial charge in [0.05, 0.1) is 6.61 Å². The molecule has 0 aliphatic rings. The summed E-state index contributed by atoms with van der Waals surface area (Å²) in [6.45, 7) is 4.27. The second-order valence-electron chi connectivity index (χ2n) is 3.23. The molecule has 14 heavy (non-hydrogen) atoms. The van der Waals surface area contributed by atoms with Gasteiger partial charge in [-0.15, -0.1) is 0 Å². The third-order valence-corrected chi connectivity index (χ3v) is 3.00. The normalized spacial score (nSPS) is 13.1. The first-order valence-electron chi connectivity index (χ1n) is 5.26. The maximum atomic E-state index is 8.86. The maximum Gasteiger partial charge on any atom is 0.0552 e. The van der Waals surface area contributed by atoms with Gasteiger partial charge in [-0.1, -0.05) is 6.92 Å². The molecule has 0 aliphatic carbocycles. The molecule has 1 atom stereocenters. The molecule has 0 aromatic heterocycles. The standard InChI is InChI=1S/C10H23NO2S/c1-3-5-11-10(4-6-12)9-14-8-7-13-2/h10-12H,3-9H2,1-2H3. The van der Waals surface area contributed by atoms with E-state index in [1.165, 1.54) is 0 Å². The molecule has 0 heterocycles. The van der Waals surface area contributed by atoms with Gasteiger partial charge in [-0.2, -0.15) is 11.8 Å². The minimum Gasteiger partial charge on any atom is -0.396 e. The fourth-order valence-electron chi connectivity index (χ4n) is 1.12. The van der Waals surface area contributed by atoms with Gasteiger partial charge in [0.25, 0.3) is 0 Å². The van der Waals surface area contributed by atoms with Crippen LogP contribution in [-0.2, 0) is 4.74 Å². The molecule has 0 saturated heterocycles. The van der Waals surface area contributed by atoms with E-state index in [4.69, 9.17) is 9.84 Å². The van der Waals surface area contributed by atoms with Crippen molar-refractivity contribution in [3.8, 4) is 0 Å². The molecule has 0 aromatic carbocycles. The summed E-state index contributed by atoms with van der Waals surface area (Å²) in [5, 5.41) is 12.3. The number of ether oxygens (including phenoxy) is 1. The van der Waals surface area contributed by atoms with E-state index in [0.29, 0.717) is 6.04 Å². The fraction of sp³-hybridized carbons (Fsp3) is 1.00. The summed E-state index contributed by atoms with van der Waals surface area (Å²) in [5.41, 5.74) is 0. The highest BCUT2D eigenvalue weighted by Gasteiger charge is 2.06. The first-order valence-corrected chi connectivity index (χ1v) is 6.41. The van der Waals surface area contributed by atoms with Gasteiger partial charge < -0.3 is 15.2 Å². The number of aliphatic hydroxyl groups is 1. The molecule has 2 N–H and O–H groups in total. The van der Waals surface area contributed by atoms with E-state index < -0.39 is 0 Å². The van der Waals surface area contributed by atoms with E-state index in [1.807, 2.05) is 11.8 Å². The van der Waals surface area contributed by atoms with E-state index in [0.717, 1.165) is 37.5 Å². The zero-order chi connectivity index (χ0) is 10.6. The summed E-state index contributed by atoms with van der Waals surface area (Å²) in [5.74, 6) is 2.09. The molecule has 0 spiro atoms. The first kappa shape index (κ1) is 14.2. The van der Waals surface area contributed by atoms with Crippen LogP contribution in [0.5, 0.6) is 0 Å². The van der Waals surface area contributed by atoms with Crippen LogP contribution in [0.25, 0.3) is 0 Å². The first-order chi connectivity index (χ1) is 6.85. The van der Waals surface area contributed by atoms with Gasteiger partial charge in [-0.05, 0) is 19.4 Å². The summed E-state index contributed by atoms with van der Waals surface area (Å²) in [4.78, 5) is 0. The topological polar surface area (TPSA) is 41.5 Å². The summed E-state index contributed by atoms with van der Waals surface area (Å²) in [6, 6.07) is 0.446.